The quantitative estimate of drug-likeness (QED) is 0.594. The molecular formula is C14H28F2N2O2. The van der Waals surface area contributed by atoms with Gasteiger partial charge in [0.2, 0.25) is 0 Å². The molecule has 0 heterocycles. The van der Waals surface area contributed by atoms with Crippen LogP contribution in [-0.4, -0.2) is 56.1 Å². The molecule has 0 saturated heterocycles. The second-order valence-corrected chi connectivity index (χ2v) is 5.24. The molecule has 0 radical (unpaired) electrons. The summed E-state index contributed by atoms with van der Waals surface area (Å²) in [5, 5.41) is 3.20. The second-order valence-electron chi connectivity index (χ2n) is 5.24. The summed E-state index contributed by atoms with van der Waals surface area (Å²) in [6.45, 7) is 6.97. The van der Waals surface area contributed by atoms with E-state index in [0.717, 1.165) is 13.0 Å². The van der Waals surface area contributed by atoms with Gasteiger partial charge in [-0.1, -0.05) is 6.92 Å². The Hall–Kier alpha value is -0.750. The van der Waals surface area contributed by atoms with Crippen molar-refractivity contribution in [1.29, 1.82) is 0 Å². The van der Waals surface area contributed by atoms with Crippen LogP contribution in [-0.2, 0) is 9.53 Å². The molecule has 0 saturated carbocycles. The van der Waals surface area contributed by atoms with Crippen LogP contribution in [0.25, 0.3) is 0 Å². The van der Waals surface area contributed by atoms with Crippen molar-refractivity contribution in [3.63, 3.8) is 0 Å². The molecule has 0 fully saturated rings. The fourth-order valence-corrected chi connectivity index (χ4v) is 1.98. The van der Waals surface area contributed by atoms with Gasteiger partial charge in [-0.25, -0.2) is 8.78 Å². The Labute approximate surface area is 120 Å². The van der Waals surface area contributed by atoms with Crippen LogP contribution < -0.4 is 5.32 Å². The van der Waals surface area contributed by atoms with Gasteiger partial charge in [0.15, 0.2) is 0 Å². The second kappa shape index (κ2) is 10.0. The molecule has 0 aliphatic rings. The van der Waals surface area contributed by atoms with Crippen molar-refractivity contribution in [1.82, 2.24) is 10.2 Å². The minimum absolute atomic E-state index is 0.238. The minimum atomic E-state index is -2.32. The van der Waals surface area contributed by atoms with Crippen molar-refractivity contribution >= 4 is 5.97 Å². The largest absolute Gasteiger partial charge is 0.465 e. The molecule has 1 unspecified atom stereocenters. The summed E-state index contributed by atoms with van der Waals surface area (Å²) in [4.78, 5) is 13.6. The average molecular weight is 294 g/mol. The Kier molecular flexibility index (Phi) is 9.67. The maximum Gasteiger partial charge on any atom is 0.326 e. The summed E-state index contributed by atoms with van der Waals surface area (Å²) in [6.07, 6.45) is -0.177. The number of carbonyl (C=O) groups excluding carboxylic acids is 1. The summed E-state index contributed by atoms with van der Waals surface area (Å²) in [6, 6.07) is 0. The highest BCUT2D eigenvalue weighted by atomic mass is 19.3. The van der Waals surface area contributed by atoms with Crippen LogP contribution >= 0.6 is 0 Å². The van der Waals surface area contributed by atoms with Gasteiger partial charge in [0.25, 0.3) is 6.43 Å². The summed E-state index contributed by atoms with van der Waals surface area (Å²) in [7, 11) is 1.66. The average Bonchev–Trinajstić information content (AvgIpc) is 2.35. The predicted molar refractivity (Wildman–Crippen MR) is 76.1 cm³/mol. The molecule has 0 aromatic rings. The Morgan fingerprint density at radius 2 is 2.05 bits per heavy atom. The molecule has 0 bridgehead atoms. The summed E-state index contributed by atoms with van der Waals surface area (Å²) in [5.41, 5.74) is -0.738. The summed E-state index contributed by atoms with van der Waals surface area (Å²) < 4.78 is 29.5. The zero-order valence-electron chi connectivity index (χ0n) is 13.0. The third kappa shape index (κ3) is 7.75. The third-order valence-corrected chi connectivity index (χ3v) is 3.16. The molecule has 0 spiro atoms. The van der Waals surface area contributed by atoms with E-state index in [4.69, 9.17) is 4.74 Å². The van der Waals surface area contributed by atoms with Crippen molar-refractivity contribution in [2.24, 2.45) is 0 Å². The van der Waals surface area contributed by atoms with Gasteiger partial charge < -0.3 is 15.0 Å². The summed E-state index contributed by atoms with van der Waals surface area (Å²) in [5.74, 6) is -0.273. The van der Waals surface area contributed by atoms with Gasteiger partial charge in [-0.2, -0.15) is 0 Å². The predicted octanol–water partition coefficient (Wildman–Crippen LogP) is 2.28. The fraction of sp³-hybridized carbons (Fsp3) is 0.929. The number of esters is 1. The maximum absolute atomic E-state index is 12.2. The van der Waals surface area contributed by atoms with Crippen molar-refractivity contribution in [3.8, 4) is 0 Å². The standard InChI is InChI=1S/C14H28F2N2O2/c1-5-9-17-14(3,13(19)20-6-2)8-7-10-18(4)11-12(15)16/h12,17H,5-11H2,1-4H3. The number of hydrogen-bond acceptors (Lipinski definition) is 4. The lowest BCUT2D eigenvalue weighted by Crippen LogP contribution is -2.51. The fourth-order valence-electron chi connectivity index (χ4n) is 1.98. The molecule has 0 aromatic heterocycles. The van der Waals surface area contributed by atoms with Crippen LogP contribution in [0, 0.1) is 0 Å². The maximum atomic E-state index is 12.2. The number of halogens is 2. The lowest BCUT2D eigenvalue weighted by molar-refractivity contribution is -0.150. The van der Waals surface area contributed by atoms with Gasteiger partial charge in [-0.15, -0.1) is 0 Å². The van der Waals surface area contributed by atoms with Gasteiger partial charge >= 0.3 is 5.97 Å². The topological polar surface area (TPSA) is 41.6 Å². The van der Waals surface area contributed by atoms with Crippen LogP contribution in [0.3, 0.4) is 0 Å². The van der Waals surface area contributed by atoms with Crippen molar-refractivity contribution in [3.05, 3.63) is 0 Å². The van der Waals surface area contributed by atoms with E-state index < -0.39 is 12.0 Å². The lowest BCUT2D eigenvalue weighted by atomic mass is 9.95. The Morgan fingerprint density at radius 1 is 1.40 bits per heavy atom. The normalized spacial score (nSPS) is 14.6. The molecular weight excluding hydrogens is 266 g/mol. The van der Waals surface area contributed by atoms with Crippen LogP contribution in [0.1, 0.15) is 40.0 Å². The van der Waals surface area contributed by atoms with Crippen LogP contribution in [0.4, 0.5) is 8.78 Å². The van der Waals surface area contributed by atoms with Gasteiger partial charge in [0.05, 0.1) is 13.2 Å². The Morgan fingerprint density at radius 3 is 2.55 bits per heavy atom. The Balaban J connectivity index is 4.32. The molecule has 4 nitrogen and oxygen atoms in total. The smallest absolute Gasteiger partial charge is 0.326 e. The van der Waals surface area contributed by atoms with Gasteiger partial charge in [0.1, 0.15) is 5.54 Å². The summed E-state index contributed by atoms with van der Waals surface area (Å²) >= 11 is 0. The number of alkyl halides is 2. The van der Waals surface area contributed by atoms with E-state index in [1.165, 1.54) is 0 Å². The molecule has 1 N–H and O–H groups in total. The molecule has 0 amide bonds. The number of hydrogen-bond donors (Lipinski definition) is 1. The third-order valence-electron chi connectivity index (χ3n) is 3.16. The zero-order valence-corrected chi connectivity index (χ0v) is 13.0. The first-order valence-corrected chi connectivity index (χ1v) is 7.24. The monoisotopic (exact) mass is 294 g/mol. The number of carbonyl (C=O) groups is 1. The molecule has 6 heteroatoms. The molecule has 0 rings (SSSR count). The van der Waals surface area contributed by atoms with E-state index in [1.807, 2.05) is 13.8 Å². The number of ether oxygens (including phenoxy) is 1. The van der Waals surface area contributed by atoms with E-state index in [-0.39, 0.29) is 12.5 Å². The molecule has 20 heavy (non-hydrogen) atoms. The SMILES string of the molecule is CCCNC(C)(CCCN(C)CC(F)F)C(=O)OCC. The highest BCUT2D eigenvalue weighted by Crippen LogP contribution is 2.15. The van der Waals surface area contributed by atoms with Crippen LogP contribution in [0.15, 0.2) is 0 Å². The first-order valence-electron chi connectivity index (χ1n) is 7.24. The van der Waals surface area contributed by atoms with Gasteiger partial charge in [0, 0.05) is 0 Å². The van der Waals surface area contributed by atoms with Gasteiger partial charge in [-0.3, -0.25) is 4.79 Å². The van der Waals surface area contributed by atoms with Crippen molar-refractivity contribution < 1.29 is 18.3 Å². The van der Waals surface area contributed by atoms with Crippen molar-refractivity contribution in [2.45, 2.75) is 52.0 Å². The van der Waals surface area contributed by atoms with E-state index >= 15 is 0 Å². The number of rotatable bonds is 11. The van der Waals surface area contributed by atoms with Crippen LogP contribution in [0.2, 0.25) is 0 Å². The highest BCUT2D eigenvalue weighted by Gasteiger charge is 2.33. The minimum Gasteiger partial charge on any atom is -0.465 e. The van der Waals surface area contributed by atoms with E-state index in [9.17, 15) is 13.6 Å². The van der Waals surface area contributed by atoms with E-state index in [0.29, 0.717) is 26.0 Å². The highest BCUT2D eigenvalue weighted by molar-refractivity contribution is 5.80. The molecule has 0 aliphatic heterocycles. The van der Waals surface area contributed by atoms with Crippen molar-refractivity contribution in [2.75, 3.05) is 33.3 Å². The molecule has 0 aromatic carbocycles. The lowest BCUT2D eigenvalue weighted by Gasteiger charge is -2.29. The molecule has 0 aliphatic carbocycles. The molecule has 1 atom stereocenters. The van der Waals surface area contributed by atoms with E-state index in [1.54, 1.807) is 18.9 Å². The first kappa shape index (κ1) is 19.2. The van der Waals surface area contributed by atoms with Crippen LogP contribution in [0.5, 0.6) is 0 Å². The molecule has 120 valence electrons. The first-order chi connectivity index (χ1) is 9.35. The zero-order chi connectivity index (χ0) is 15.6. The number of nitrogens with zero attached hydrogens (tertiary/aromatic N) is 1. The van der Waals surface area contributed by atoms with Gasteiger partial charge in [-0.05, 0) is 53.2 Å². The van der Waals surface area contributed by atoms with E-state index in [2.05, 4.69) is 5.32 Å². The Bertz CT molecular complexity index is 278. The number of nitrogens with one attached hydrogen (secondary N) is 1.